The van der Waals surface area contributed by atoms with E-state index in [1.165, 1.54) is 12.2 Å². The monoisotopic (exact) mass is 192 g/mol. The first kappa shape index (κ1) is 10.2. The maximum atomic E-state index is 11.8. The summed E-state index contributed by atoms with van der Waals surface area (Å²) in [7, 11) is 0. The summed E-state index contributed by atoms with van der Waals surface area (Å²) in [6.07, 6.45) is 1.63. The number of halogens is 3. The first-order valence-electron chi connectivity index (χ1n) is 4.15. The van der Waals surface area contributed by atoms with Gasteiger partial charge in [0.1, 0.15) is 5.76 Å². The van der Waals surface area contributed by atoms with E-state index in [1.807, 2.05) is 6.92 Å². The van der Waals surface area contributed by atoms with Gasteiger partial charge in [0.25, 0.3) is 0 Å². The van der Waals surface area contributed by atoms with Gasteiger partial charge in [-0.3, -0.25) is 0 Å². The van der Waals surface area contributed by atoms with Gasteiger partial charge in [-0.1, -0.05) is 13.0 Å². The lowest BCUT2D eigenvalue weighted by Gasteiger charge is -2.16. The van der Waals surface area contributed by atoms with Gasteiger partial charge in [-0.25, -0.2) is 0 Å². The number of hydrogen-bond donors (Lipinski definition) is 0. The Kier molecular flexibility index (Phi) is 3.01. The molecule has 1 atom stereocenters. The molecule has 0 aromatic heterocycles. The Balaban J connectivity index is 2.59. The van der Waals surface area contributed by atoms with Crippen molar-refractivity contribution in [1.82, 2.24) is 0 Å². The van der Waals surface area contributed by atoms with Crippen LogP contribution < -0.4 is 0 Å². The lowest BCUT2D eigenvalue weighted by Crippen LogP contribution is -2.14. The van der Waals surface area contributed by atoms with E-state index in [2.05, 4.69) is 4.74 Å². The lowest BCUT2D eigenvalue weighted by molar-refractivity contribution is -0.303. The van der Waals surface area contributed by atoms with Crippen LogP contribution in [0.3, 0.4) is 0 Å². The molecule has 13 heavy (non-hydrogen) atoms. The van der Waals surface area contributed by atoms with Crippen LogP contribution in [0.25, 0.3) is 0 Å². The number of rotatable bonds is 2. The van der Waals surface area contributed by atoms with Crippen LogP contribution >= 0.6 is 0 Å². The van der Waals surface area contributed by atoms with Gasteiger partial charge >= 0.3 is 6.36 Å². The van der Waals surface area contributed by atoms with Crippen LogP contribution in [0.1, 0.15) is 19.8 Å². The van der Waals surface area contributed by atoms with Gasteiger partial charge in [-0.2, -0.15) is 0 Å². The van der Waals surface area contributed by atoms with Crippen molar-refractivity contribution in [2.45, 2.75) is 26.1 Å². The molecule has 0 aliphatic heterocycles. The first-order valence-corrected chi connectivity index (χ1v) is 4.15. The van der Waals surface area contributed by atoms with Gasteiger partial charge in [0.05, 0.1) is 0 Å². The molecule has 0 heterocycles. The molecule has 1 aliphatic carbocycles. The molecule has 0 radical (unpaired) electrons. The predicted molar refractivity (Wildman–Crippen MR) is 42.8 cm³/mol. The topological polar surface area (TPSA) is 9.23 Å². The smallest absolute Gasteiger partial charge is 0.406 e. The number of alkyl halides is 3. The zero-order valence-electron chi connectivity index (χ0n) is 7.27. The molecule has 0 fully saturated rings. The standard InChI is InChI=1S/C9H11F3O/c1-2-7-4-3-5-8(6-7)13-9(10,11)12/h3,5-7H,2,4H2,1H3. The van der Waals surface area contributed by atoms with Gasteiger partial charge in [-0.15, -0.1) is 13.2 Å². The SMILES string of the molecule is CCC1C=C(OC(F)(F)F)C=CC1. The highest BCUT2D eigenvalue weighted by Crippen LogP contribution is 2.26. The maximum absolute atomic E-state index is 11.8. The summed E-state index contributed by atoms with van der Waals surface area (Å²) in [5.74, 6) is 0.0768. The van der Waals surface area contributed by atoms with Crippen molar-refractivity contribution in [3.05, 3.63) is 24.0 Å². The van der Waals surface area contributed by atoms with Gasteiger partial charge in [0.15, 0.2) is 0 Å². The Hall–Kier alpha value is -0.930. The van der Waals surface area contributed by atoms with Crippen LogP contribution in [0.5, 0.6) is 0 Å². The summed E-state index contributed by atoms with van der Waals surface area (Å²) >= 11 is 0. The third kappa shape index (κ3) is 3.53. The zero-order chi connectivity index (χ0) is 9.90. The Morgan fingerprint density at radius 3 is 2.77 bits per heavy atom. The molecule has 1 aliphatic rings. The number of allylic oxidation sites excluding steroid dienone is 3. The van der Waals surface area contributed by atoms with E-state index in [0.717, 1.165) is 12.8 Å². The van der Waals surface area contributed by atoms with Crippen LogP contribution in [-0.4, -0.2) is 6.36 Å². The predicted octanol–water partition coefficient (Wildman–Crippen LogP) is 3.39. The highest BCUT2D eigenvalue weighted by Gasteiger charge is 2.32. The molecule has 1 unspecified atom stereocenters. The summed E-state index contributed by atoms with van der Waals surface area (Å²) in [6.45, 7) is 1.94. The van der Waals surface area contributed by atoms with E-state index in [9.17, 15) is 13.2 Å². The molecular formula is C9H11F3O. The van der Waals surface area contributed by atoms with Crippen LogP contribution in [0.4, 0.5) is 13.2 Å². The Labute approximate surface area is 74.9 Å². The fraction of sp³-hybridized carbons (Fsp3) is 0.556. The molecule has 0 N–H and O–H groups in total. The minimum Gasteiger partial charge on any atom is -0.406 e. The molecule has 0 aromatic carbocycles. The summed E-state index contributed by atoms with van der Waals surface area (Å²) in [5.41, 5.74) is 0. The first-order chi connectivity index (χ1) is 6.01. The second-order valence-electron chi connectivity index (χ2n) is 2.92. The van der Waals surface area contributed by atoms with Crippen LogP contribution in [0.2, 0.25) is 0 Å². The average molecular weight is 192 g/mol. The molecule has 0 saturated heterocycles. The third-order valence-corrected chi connectivity index (χ3v) is 1.88. The number of ether oxygens (including phenoxy) is 1. The Morgan fingerprint density at radius 2 is 2.23 bits per heavy atom. The Bertz CT molecular complexity index is 228. The second-order valence-corrected chi connectivity index (χ2v) is 2.92. The molecule has 0 aromatic rings. The molecule has 4 heteroatoms. The molecule has 0 bridgehead atoms. The fourth-order valence-electron chi connectivity index (χ4n) is 1.20. The molecule has 1 nitrogen and oxygen atoms in total. The summed E-state index contributed by atoms with van der Waals surface area (Å²) in [5, 5.41) is 0. The summed E-state index contributed by atoms with van der Waals surface area (Å²) in [4.78, 5) is 0. The van der Waals surface area contributed by atoms with E-state index in [4.69, 9.17) is 0 Å². The van der Waals surface area contributed by atoms with Crippen molar-refractivity contribution < 1.29 is 17.9 Å². The molecule has 0 spiro atoms. The largest absolute Gasteiger partial charge is 0.573 e. The Morgan fingerprint density at radius 1 is 1.54 bits per heavy atom. The quantitative estimate of drug-likeness (QED) is 0.651. The van der Waals surface area contributed by atoms with Gasteiger partial charge < -0.3 is 4.74 Å². The highest BCUT2D eigenvalue weighted by molar-refractivity contribution is 5.18. The van der Waals surface area contributed by atoms with E-state index in [-0.39, 0.29) is 11.7 Å². The average Bonchev–Trinajstić information content (AvgIpc) is 2.01. The van der Waals surface area contributed by atoms with Crippen molar-refractivity contribution in [3.8, 4) is 0 Å². The summed E-state index contributed by atoms with van der Waals surface area (Å²) < 4.78 is 39.1. The minimum absolute atomic E-state index is 0.0920. The molecule has 74 valence electrons. The van der Waals surface area contributed by atoms with Crippen LogP contribution in [0.15, 0.2) is 24.0 Å². The van der Waals surface area contributed by atoms with Crippen LogP contribution in [0, 0.1) is 5.92 Å². The van der Waals surface area contributed by atoms with Gasteiger partial charge in [0.2, 0.25) is 0 Å². The minimum atomic E-state index is -4.58. The van der Waals surface area contributed by atoms with E-state index < -0.39 is 6.36 Å². The lowest BCUT2D eigenvalue weighted by atomic mass is 9.98. The molecule has 0 saturated carbocycles. The number of hydrogen-bond acceptors (Lipinski definition) is 1. The third-order valence-electron chi connectivity index (χ3n) is 1.88. The van der Waals surface area contributed by atoms with Gasteiger partial charge in [-0.05, 0) is 30.9 Å². The van der Waals surface area contributed by atoms with Crippen molar-refractivity contribution in [2.75, 3.05) is 0 Å². The van der Waals surface area contributed by atoms with Crippen molar-refractivity contribution >= 4 is 0 Å². The van der Waals surface area contributed by atoms with Crippen molar-refractivity contribution in [2.24, 2.45) is 5.92 Å². The second kappa shape index (κ2) is 3.85. The zero-order valence-corrected chi connectivity index (χ0v) is 7.27. The van der Waals surface area contributed by atoms with E-state index in [0.29, 0.717) is 0 Å². The van der Waals surface area contributed by atoms with E-state index >= 15 is 0 Å². The van der Waals surface area contributed by atoms with Crippen molar-refractivity contribution in [1.29, 1.82) is 0 Å². The van der Waals surface area contributed by atoms with Gasteiger partial charge in [0, 0.05) is 0 Å². The molecule has 0 amide bonds. The molecule has 1 rings (SSSR count). The summed E-state index contributed by atoms with van der Waals surface area (Å²) in [6, 6.07) is 0. The normalized spacial score (nSPS) is 22.8. The fourth-order valence-corrected chi connectivity index (χ4v) is 1.20. The van der Waals surface area contributed by atoms with Crippen molar-refractivity contribution in [3.63, 3.8) is 0 Å². The van der Waals surface area contributed by atoms with Crippen LogP contribution in [-0.2, 0) is 4.74 Å². The highest BCUT2D eigenvalue weighted by atomic mass is 19.4. The van der Waals surface area contributed by atoms with E-state index in [1.54, 1.807) is 6.08 Å². The molecular weight excluding hydrogens is 181 g/mol. The maximum Gasteiger partial charge on any atom is 0.573 e.